The van der Waals surface area contributed by atoms with Crippen LogP contribution in [0.2, 0.25) is 0 Å². The third kappa shape index (κ3) is 2.84. The molecule has 2 atom stereocenters. The lowest BCUT2D eigenvalue weighted by atomic mass is 9.72. The summed E-state index contributed by atoms with van der Waals surface area (Å²) in [4.78, 5) is 0. The van der Waals surface area contributed by atoms with Gasteiger partial charge in [0.1, 0.15) is 0 Å². The Bertz CT molecular complexity index is 96.2. The molecular weight excluding hydrogens is 132 g/mol. The van der Waals surface area contributed by atoms with Gasteiger partial charge in [0.2, 0.25) is 0 Å². The van der Waals surface area contributed by atoms with E-state index in [9.17, 15) is 0 Å². The Balaban J connectivity index is 4.07. The molecule has 0 aliphatic heterocycles. The molecule has 0 spiro atoms. The fourth-order valence-corrected chi connectivity index (χ4v) is 1.67. The predicted octanol–water partition coefficient (Wildman–Crippen LogP) is 4.06. The summed E-state index contributed by atoms with van der Waals surface area (Å²) >= 11 is 0. The maximum Gasteiger partial charge on any atom is -0.0303 e. The molecule has 2 unspecified atom stereocenters. The Labute approximate surface area is 72.4 Å². The van der Waals surface area contributed by atoms with Crippen molar-refractivity contribution < 1.29 is 0 Å². The summed E-state index contributed by atoms with van der Waals surface area (Å²) in [5.74, 6) is 0.842. The van der Waals surface area contributed by atoms with E-state index in [-0.39, 0.29) is 0 Å². The maximum atomic E-state index is 3.94. The van der Waals surface area contributed by atoms with Crippen LogP contribution in [0.15, 0.2) is 0 Å². The van der Waals surface area contributed by atoms with Crippen molar-refractivity contribution in [2.24, 2.45) is 11.3 Å². The van der Waals surface area contributed by atoms with Gasteiger partial charge in [-0.3, -0.25) is 0 Å². The van der Waals surface area contributed by atoms with Crippen LogP contribution >= 0.6 is 0 Å². The first kappa shape index (κ1) is 11.0. The van der Waals surface area contributed by atoms with Crippen molar-refractivity contribution in [3.8, 4) is 0 Å². The van der Waals surface area contributed by atoms with Crippen molar-refractivity contribution >= 4 is 0 Å². The van der Waals surface area contributed by atoms with Crippen LogP contribution in [0.3, 0.4) is 0 Å². The summed E-state index contributed by atoms with van der Waals surface area (Å²) < 4.78 is 0. The van der Waals surface area contributed by atoms with Crippen molar-refractivity contribution in [3.63, 3.8) is 0 Å². The Kier molecular flexibility index (Phi) is 4.79. The van der Waals surface area contributed by atoms with Gasteiger partial charge in [-0.05, 0) is 17.8 Å². The molecule has 0 heteroatoms. The van der Waals surface area contributed by atoms with Crippen LogP contribution < -0.4 is 0 Å². The third-order valence-corrected chi connectivity index (χ3v) is 3.36. The molecule has 1 radical (unpaired) electrons. The van der Waals surface area contributed by atoms with Gasteiger partial charge < -0.3 is 0 Å². The molecule has 0 bridgehead atoms. The van der Waals surface area contributed by atoms with Gasteiger partial charge in [-0.1, -0.05) is 53.9 Å². The molecule has 0 aliphatic carbocycles. The average Bonchev–Trinajstić information content (AvgIpc) is 2.03. The van der Waals surface area contributed by atoms with Crippen molar-refractivity contribution in [3.05, 3.63) is 6.92 Å². The lowest BCUT2D eigenvalue weighted by molar-refractivity contribution is 0.171. The number of rotatable bonds is 5. The minimum atomic E-state index is 0.538. The predicted molar refractivity (Wildman–Crippen MR) is 52.4 cm³/mol. The van der Waals surface area contributed by atoms with Gasteiger partial charge in [-0.15, -0.1) is 0 Å². The van der Waals surface area contributed by atoms with Crippen LogP contribution in [0.25, 0.3) is 0 Å². The molecule has 0 saturated heterocycles. The van der Waals surface area contributed by atoms with Crippen LogP contribution in [-0.2, 0) is 0 Å². The highest BCUT2D eigenvalue weighted by molar-refractivity contribution is 4.78. The van der Waals surface area contributed by atoms with Gasteiger partial charge in [0.15, 0.2) is 0 Å². The molecule has 0 heterocycles. The SMILES string of the molecule is [CH2]CCC(C)(CC)C(C)CC. The second-order valence-electron chi connectivity index (χ2n) is 3.92. The standard InChI is InChI=1S/C11H23/c1-6-9-11(5,8-3)10(4)7-2/h10H,1,6-9H2,2-5H3. The third-order valence-electron chi connectivity index (χ3n) is 3.36. The molecule has 0 saturated carbocycles. The zero-order chi connectivity index (χ0) is 8.91. The highest BCUT2D eigenvalue weighted by Gasteiger charge is 2.26. The smallest absolute Gasteiger partial charge is 0.0303 e. The average molecular weight is 155 g/mol. The van der Waals surface area contributed by atoms with E-state index < -0.39 is 0 Å². The van der Waals surface area contributed by atoms with Gasteiger partial charge in [-0.25, -0.2) is 0 Å². The summed E-state index contributed by atoms with van der Waals surface area (Å²) in [6.45, 7) is 13.3. The monoisotopic (exact) mass is 155 g/mol. The molecule has 11 heavy (non-hydrogen) atoms. The minimum absolute atomic E-state index is 0.538. The maximum absolute atomic E-state index is 3.94. The fraction of sp³-hybridized carbons (Fsp3) is 0.909. The molecule has 0 aromatic heterocycles. The second-order valence-corrected chi connectivity index (χ2v) is 3.92. The first-order chi connectivity index (χ1) is 5.10. The van der Waals surface area contributed by atoms with Gasteiger partial charge in [0, 0.05) is 0 Å². The molecule has 0 aromatic rings. The summed E-state index contributed by atoms with van der Waals surface area (Å²) in [7, 11) is 0. The van der Waals surface area contributed by atoms with Gasteiger partial charge in [0.05, 0.1) is 0 Å². The Morgan fingerprint density at radius 1 is 1.36 bits per heavy atom. The van der Waals surface area contributed by atoms with Crippen LogP contribution in [0.5, 0.6) is 0 Å². The second kappa shape index (κ2) is 4.79. The van der Waals surface area contributed by atoms with E-state index in [0.717, 1.165) is 12.3 Å². The van der Waals surface area contributed by atoms with Crippen molar-refractivity contribution in [1.82, 2.24) is 0 Å². The normalized spacial score (nSPS) is 19.4. The van der Waals surface area contributed by atoms with Gasteiger partial charge in [0.25, 0.3) is 0 Å². The Morgan fingerprint density at radius 3 is 2.18 bits per heavy atom. The highest BCUT2D eigenvalue weighted by atomic mass is 14.3. The minimum Gasteiger partial charge on any atom is -0.0651 e. The van der Waals surface area contributed by atoms with E-state index in [2.05, 4.69) is 34.6 Å². The van der Waals surface area contributed by atoms with Crippen LogP contribution in [0, 0.1) is 18.3 Å². The van der Waals surface area contributed by atoms with Crippen LogP contribution in [0.4, 0.5) is 0 Å². The first-order valence-corrected chi connectivity index (χ1v) is 4.90. The van der Waals surface area contributed by atoms with Crippen LogP contribution in [-0.4, -0.2) is 0 Å². The van der Waals surface area contributed by atoms with Crippen LogP contribution in [0.1, 0.15) is 53.4 Å². The van der Waals surface area contributed by atoms with Crippen molar-refractivity contribution in [2.75, 3.05) is 0 Å². The Morgan fingerprint density at radius 2 is 1.91 bits per heavy atom. The quantitative estimate of drug-likeness (QED) is 0.561. The van der Waals surface area contributed by atoms with E-state index >= 15 is 0 Å². The molecular formula is C11H23. The van der Waals surface area contributed by atoms with Gasteiger partial charge >= 0.3 is 0 Å². The lowest BCUT2D eigenvalue weighted by Crippen LogP contribution is -2.23. The molecule has 0 aliphatic rings. The molecule has 0 N–H and O–H groups in total. The van der Waals surface area contributed by atoms with Gasteiger partial charge in [-0.2, -0.15) is 0 Å². The highest BCUT2D eigenvalue weighted by Crippen LogP contribution is 2.37. The molecule has 0 fully saturated rings. The zero-order valence-electron chi connectivity index (χ0n) is 8.61. The van der Waals surface area contributed by atoms with E-state index in [1.165, 1.54) is 19.3 Å². The van der Waals surface area contributed by atoms with E-state index in [4.69, 9.17) is 0 Å². The number of hydrogen-bond acceptors (Lipinski definition) is 0. The summed E-state index contributed by atoms with van der Waals surface area (Å²) in [6.07, 6.45) is 4.94. The molecule has 0 amide bonds. The van der Waals surface area contributed by atoms with E-state index in [1.54, 1.807) is 0 Å². The largest absolute Gasteiger partial charge is 0.0651 e. The molecule has 0 aromatic carbocycles. The van der Waals surface area contributed by atoms with E-state index in [1.807, 2.05) is 0 Å². The van der Waals surface area contributed by atoms with Crippen molar-refractivity contribution in [2.45, 2.75) is 53.4 Å². The Hall–Kier alpha value is 0. The molecule has 0 nitrogen and oxygen atoms in total. The fourth-order valence-electron chi connectivity index (χ4n) is 1.67. The molecule has 67 valence electrons. The summed E-state index contributed by atoms with van der Waals surface area (Å²) in [5, 5.41) is 0. The molecule has 0 rings (SSSR count). The van der Waals surface area contributed by atoms with Crippen molar-refractivity contribution in [1.29, 1.82) is 0 Å². The lowest BCUT2D eigenvalue weighted by Gasteiger charge is -2.34. The topological polar surface area (TPSA) is 0 Å². The number of hydrogen-bond donors (Lipinski definition) is 0. The summed E-state index contributed by atoms with van der Waals surface area (Å²) in [5.41, 5.74) is 0.538. The first-order valence-electron chi connectivity index (χ1n) is 4.90. The summed E-state index contributed by atoms with van der Waals surface area (Å²) in [6, 6.07) is 0. The zero-order valence-corrected chi connectivity index (χ0v) is 8.61. The van der Waals surface area contributed by atoms with E-state index in [0.29, 0.717) is 5.41 Å².